The molecule has 0 radical (unpaired) electrons. The van der Waals surface area contributed by atoms with E-state index >= 15 is 0 Å². The number of halogens is 2. The fourth-order valence-electron chi connectivity index (χ4n) is 1.90. The maximum atomic E-state index is 12.8. The summed E-state index contributed by atoms with van der Waals surface area (Å²) in [6, 6.07) is 4.07. The fraction of sp³-hybridized carbons (Fsp3) is 0.462. The van der Waals surface area contributed by atoms with E-state index in [1.807, 2.05) is 0 Å². The van der Waals surface area contributed by atoms with Crippen LogP contribution in [0.4, 0.5) is 4.39 Å². The highest BCUT2D eigenvalue weighted by atomic mass is 35.5. The van der Waals surface area contributed by atoms with Crippen molar-refractivity contribution in [2.75, 3.05) is 0 Å². The molecule has 1 aliphatic carbocycles. The van der Waals surface area contributed by atoms with Crippen molar-refractivity contribution in [2.45, 2.75) is 31.7 Å². The second kappa shape index (κ2) is 5.15. The molecule has 1 fully saturated rings. The maximum absolute atomic E-state index is 12.8. The summed E-state index contributed by atoms with van der Waals surface area (Å²) in [7, 11) is 0. The lowest BCUT2D eigenvalue weighted by atomic mass is 10.0. The standard InChI is InChI=1S/C13H15ClFNO/c14-12-6-10(15)4-3-9(12)5-11(17)7-13(16)8-1-2-8/h3-4,6,8,13H,1-2,5,7,16H2. The van der Waals surface area contributed by atoms with Crippen LogP contribution in [-0.4, -0.2) is 11.8 Å². The molecule has 1 aromatic rings. The van der Waals surface area contributed by atoms with Gasteiger partial charge in [-0.1, -0.05) is 17.7 Å². The van der Waals surface area contributed by atoms with Gasteiger partial charge in [-0.15, -0.1) is 0 Å². The summed E-state index contributed by atoms with van der Waals surface area (Å²) in [5.74, 6) is 0.196. The van der Waals surface area contributed by atoms with Crippen LogP contribution >= 0.6 is 11.6 Å². The SMILES string of the molecule is NC(CC(=O)Cc1ccc(F)cc1Cl)C1CC1. The summed E-state index contributed by atoms with van der Waals surface area (Å²) in [6.07, 6.45) is 2.88. The van der Waals surface area contributed by atoms with E-state index in [0.717, 1.165) is 12.8 Å². The van der Waals surface area contributed by atoms with E-state index in [2.05, 4.69) is 0 Å². The number of hydrogen-bond acceptors (Lipinski definition) is 2. The van der Waals surface area contributed by atoms with E-state index in [1.54, 1.807) is 6.07 Å². The first kappa shape index (κ1) is 12.5. The fourth-order valence-corrected chi connectivity index (χ4v) is 2.14. The molecule has 0 aromatic heterocycles. The highest BCUT2D eigenvalue weighted by Gasteiger charge is 2.29. The molecule has 0 amide bonds. The van der Waals surface area contributed by atoms with Crippen LogP contribution in [0.15, 0.2) is 18.2 Å². The number of hydrogen-bond donors (Lipinski definition) is 1. The van der Waals surface area contributed by atoms with Gasteiger partial charge in [0.1, 0.15) is 11.6 Å². The Morgan fingerprint density at radius 3 is 2.82 bits per heavy atom. The lowest BCUT2D eigenvalue weighted by molar-refractivity contribution is -0.118. The summed E-state index contributed by atoms with van der Waals surface area (Å²) in [5.41, 5.74) is 6.55. The predicted molar refractivity (Wildman–Crippen MR) is 65.4 cm³/mol. The minimum Gasteiger partial charge on any atom is -0.327 e. The smallest absolute Gasteiger partial charge is 0.138 e. The summed E-state index contributed by atoms with van der Waals surface area (Å²) in [6.45, 7) is 0. The van der Waals surface area contributed by atoms with Crippen molar-refractivity contribution in [3.05, 3.63) is 34.6 Å². The molecular formula is C13H15ClFNO. The Labute approximate surface area is 105 Å². The molecule has 17 heavy (non-hydrogen) atoms. The number of Topliss-reactive ketones (excluding diaryl/α,β-unsaturated/α-hetero) is 1. The van der Waals surface area contributed by atoms with Gasteiger partial charge in [-0.3, -0.25) is 4.79 Å². The average molecular weight is 256 g/mol. The topological polar surface area (TPSA) is 43.1 Å². The van der Waals surface area contributed by atoms with Gasteiger partial charge in [-0.25, -0.2) is 4.39 Å². The Balaban J connectivity index is 1.92. The molecule has 1 saturated carbocycles. The number of ketones is 1. The molecule has 0 aliphatic heterocycles. The second-order valence-corrected chi connectivity index (χ2v) is 5.06. The maximum Gasteiger partial charge on any atom is 0.138 e. The zero-order valence-corrected chi connectivity index (χ0v) is 10.2. The van der Waals surface area contributed by atoms with Crippen LogP contribution in [0, 0.1) is 11.7 Å². The van der Waals surface area contributed by atoms with Gasteiger partial charge in [0.25, 0.3) is 0 Å². The van der Waals surface area contributed by atoms with E-state index in [0.29, 0.717) is 22.9 Å². The van der Waals surface area contributed by atoms with Crippen molar-refractivity contribution < 1.29 is 9.18 Å². The molecule has 2 nitrogen and oxygen atoms in total. The molecule has 0 heterocycles. The van der Waals surface area contributed by atoms with Crippen molar-refractivity contribution in [1.29, 1.82) is 0 Å². The Morgan fingerprint density at radius 2 is 2.24 bits per heavy atom. The predicted octanol–water partition coefficient (Wildman–Crippen LogP) is 2.72. The van der Waals surface area contributed by atoms with Crippen molar-refractivity contribution >= 4 is 17.4 Å². The third-order valence-corrected chi connectivity index (χ3v) is 3.45. The van der Waals surface area contributed by atoms with Gasteiger partial charge in [0.15, 0.2) is 0 Å². The number of rotatable bonds is 5. The van der Waals surface area contributed by atoms with Crippen molar-refractivity contribution in [1.82, 2.24) is 0 Å². The zero-order chi connectivity index (χ0) is 12.4. The Hall–Kier alpha value is -0.930. The Bertz CT molecular complexity index is 431. The molecule has 0 bridgehead atoms. The molecule has 1 unspecified atom stereocenters. The molecule has 1 atom stereocenters. The third kappa shape index (κ3) is 3.51. The van der Waals surface area contributed by atoms with Crippen LogP contribution in [0.25, 0.3) is 0 Å². The first-order chi connectivity index (χ1) is 8.06. The van der Waals surface area contributed by atoms with Crippen LogP contribution in [0.5, 0.6) is 0 Å². The Morgan fingerprint density at radius 1 is 1.53 bits per heavy atom. The monoisotopic (exact) mass is 255 g/mol. The van der Waals surface area contributed by atoms with Crippen LogP contribution in [-0.2, 0) is 11.2 Å². The van der Waals surface area contributed by atoms with E-state index in [9.17, 15) is 9.18 Å². The molecule has 92 valence electrons. The normalized spacial score (nSPS) is 16.9. The molecule has 2 rings (SSSR count). The summed E-state index contributed by atoms with van der Waals surface area (Å²) >= 11 is 5.86. The highest BCUT2D eigenvalue weighted by Crippen LogP contribution is 2.33. The minimum absolute atomic E-state index is 0.0262. The Kier molecular flexibility index (Phi) is 3.79. The van der Waals surface area contributed by atoms with Crippen molar-refractivity contribution in [3.8, 4) is 0 Å². The highest BCUT2D eigenvalue weighted by molar-refractivity contribution is 6.31. The van der Waals surface area contributed by atoms with Crippen LogP contribution in [0.1, 0.15) is 24.8 Å². The number of benzene rings is 1. The third-order valence-electron chi connectivity index (χ3n) is 3.09. The first-order valence-electron chi connectivity index (χ1n) is 5.77. The number of carbonyl (C=O) groups is 1. The molecule has 1 aliphatic rings. The number of carbonyl (C=O) groups excluding carboxylic acids is 1. The zero-order valence-electron chi connectivity index (χ0n) is 9.46. The molecule has 2 N–H and O–H groups in total. The van der Waals surface area contributed by atoms with Gasteiger partial charge in [-0.2, -0.15) is 0 Å². The van der Waals surface area contributed by atoms with Gasteiger partial charge in [0, 0.05) is 23.9 Å². The van der Waals surface area contributed by atoms with Crippen LogP contribution < -0.4 is 5.73 Å². The molecule has 4 heteroatoms. The van der Waals surface area contributed by atoms with Crippen molar-refractivity contribution in [3.63, 3.8) is 0 Å². The van der Waals surface area contributed by atoms with E-state index in [-0.39, 0.29) is 24.1 Å². The van der Waals surface area contributed by atoms with E-state index in [4.69, 9.17) is 17.3 Å². The molecule has 0 saturated heterocycles. The quantitative estimate of drug-likeness (QED) is 0.879. The van der Waals surface area contributed by atoms with Gasteiger partial charge < -0.3 is 5.73 Å². The minimum atomic E-state index is -0.388. The van der Waals surface area contributed by atoms with E-state index in [1.165, 1.54) is 12.1 Å². The number of nitrogens with two attached hydrogens (primary N) is 1. The lowest BCUT2D eigenvalue weighted by Gasteiger charge is -2.09. The van der Waals surface area contributed by atoms with Gasteiger partial charge in [-0.05, 0) is 36.5 Å². The first-order valence-corrected chi connectivity index (χ1v) is 6.15. The largest absolute Gasteiger partial charge is 0.327 e. The lowest BCUT2D eigenvalue weighted by Crippen LogP contribution is -2.26. The molecule has 0 spiro atoms. The van der Waals surface area contributed by atoms with Gasteiger partial charge in [0.05, 0.1) is 0 Å². The average Bonchev–Trinajstić information content (AvgIpc) is 3.05. The summed E-state index contributed by atoms with van der Waals surface area (Å²) in [4.78, 5) is 11.8. The van der Waals surface area contributed by atoms with Gasteiger partial charge >= 0.3 is 0 Å². The van der Waals surface area contributed by atoms with Gasteiger partial charge in [0.2, 0.25) is 0 Å². The van der Waals surface area contributed by atoms with Crippen LogP contribution in [0.3, 0.4) is 0 Å². The molecule has 1 aromatic carbocycles. The molecular weight excluding hydrogens is 241 g/mol. The second-order valence-electron chi connectivity index (χ2n) is 4.66. The van der Waals surface area contributed by atoms with Crippen LogP contribution in [0.2, 0.25) is 5.02 Å². The van der Waals surface area contributed by atoms with Crippen molar-refractivity contribution in [2.24, 2.45) is 11.7 Å². The summed E-state index contributed by atoms with van der Waals surface area (Å²) in [5, 5.41) is 0.304. The summed E-state index contributed by atoms with van der Waals surface area (Å²) < 4.78 is 12.8. The van der Waals surface area contributed by atoms with E-state index < -0.39 is 0 Å².